The number of halogens is 1. The predicted octanol–water partition coefficient (Wildman–Crippen LogP) is 3.26. The molecular weight excluding hydrogens is 260 g/mol. The molecule has 3 atom stereocenters. The highest BCUT2D eigenvalue weighted by atomic mass is 35.5. The number of hydrogen-bond acceptors (Lipinski definition) is 2. The molecule has 0 saturated heterocycles. The van der Waals surface area contributed by atoms with Gasteiger partial charge >= 0.3 is 0 Å². The number of carbonyl (C=O) groups is 1. The van der Waals surface area contributed by atoms with Gasteiger partial charge in [0.15, 0.2) is 0 Å². The van der Waals surface area contributed by atoms with E-state index in [9.17, 15) is 4.79 Å². The van der Waals surface area contributed by atoms with Crippen molar-refractivity contribution in [2.75, 3.05) is 0 Å². The first-order valence-electron chi connectivity index (χ1n) is 7.46. The summed E-state index contributed by atoms with van der Waals surface area (Å²) in [6.07, 6.45) is 6.45. The molecule has 1 aliphatic rings. The molecule has 0 radical (unpaired) electrons. The monoisotopic (exact) mass is 290 g/mol. The zero-order valence-electron chi connectivity index (χ0n) is 12.9. The largest absolute Gasteiger partial charge is 0.352 e. The van der Waals surface area contributed by atoms with E-state index in [1.807, 2.05) is 6.92 Å². The number of carbonyl (C=O) groups excluding carboxylic acids is 1. The fourth-order valence-corrected chi connectivity index (χ4v) is 2.95. The predicted molar refractivity (Wildman–Crippen MR) is 83.5 cm³/mol. The molecule has 0 heterocycles. The molecule has 0 bridgehead atoms. The summed E-state index contributed by atoms with van der Waals surface area (Å²) in [6.45, 7) is 8.46. The lowest BCUT2D eigenvalue weighted by Gasteiger charge is -2.34. The summed E-state index contributed by atoms with van der Waals surface area (Å²) in [5.74, 6) is 1.49. The van der Waals surface area contributed by atoms with Crippen molar-refractivity contribution in [3.05, 3.63) is 0 Å². The topological polar surface area (TPSA) is 55.1 Å². The number of rotatable bonds is 5. The molecule has 1 fully saturated rings. The Morgan fingerprint density at radius 2 is 2.05 bits per heavy atom. The van der Waals surface area contributed by atoms with Crippen LogP contribution in [-0.4, -0.2) is 17.5 Å². The van der Waals surface area contributed by atoms with Gasteiger partial charge in [-0.3, -0.25) is 4.79 Å². The highest BCUT2D eigenvalue weighted by Crippen LogP contribution is 2.30. The summed E-state index contributed by atoms with van der Waals surface area (Å²) in [5, 5.41) is 3.16. The quantitative estimate of drug-likeness (QED) is 0.816. The molecule has 1 amide bonds. The zero-order valence-corrected chi connectivity index (χ0v) is 13.7. The summed E-state index contributed by atoms with van der Waals surface area (Å²) in [7, 11) is 0. The van der Waals surface area contributed by atoms with Crippen molar-refractivity contribution in [3.8, 4) is 0 Å². The van der Waals surface area contributed by atoms with Gasteiger partial charge in [0.25, 0.3) is 0 Å². The molecule has 4 heteroatoms. The molecule has 3 unspecified atom stereocenters. The van der Waals surface area contributed by atoms with E-state index in [-0.39, 0.29) is 18.3 Å². The van der Waals surface area contributed by atoms with Crippen LogP contribution in [0, 0.1) is 11.8 Å². The Morgan fingerprint density at radius 1 is 1.42 bits per heavy atom. The molecule has 0 aromatic rings. The summed E-state index contributed by atoms with van der Waals surface area (Å²) in [6, 6.07) is 0.332. The Kier molecular flexibility index (Phi) is 7.99. The Morgan fingerprint density at radius 3 is 2.58 bits per heavy atom. The van der Waals surface area contributed by atoms with E-state index >= 15 is 0 Å². The molecule has 1 aliphatic carbocycles. The van der Waals surface area contributed by atoms with Crippen LogP contribution >= 0.6 is 12.4 Å². The second-order valence-electron chi connectivity index (χ2n) is 6.51. The number of nitrogens with two attached hydrogens (primary N) is 1. The molecule has 0 aromatic heterocycles. The van der Waals surface area contributed by atoms with Gasteiger partial charge in [-0.25, -0.2) is 0 Å². The maximum atomic E-state index is 12.2. The molecule has 0 aromatic carbocycles. The van der Waals surface area contributed by atoms with Crippen LogP contribution in [0.4, 0.5) is 0 Å². The van der Waals surface area contributed by atoms with Gasteiger partial charge in [-0.2, -0.15) is 0 Å². The van der Waals surface area contributed by atoms with Crippen molar-refractivity contribution >= 4 is 18.3 Å². The third kappa shape index (κ3) is 5.70. The Bertz CT molecular complexity index is 279. The minimum absolute atomic E-state index is 0. The van der Waals surface area contributed by atoms with Crippen LogP contribution in [0.3, 0.4) is 0 Å². The fourth-order valence-electron chi connectivity index (χ4n) is 2.95. The van der Waals surface area contributed by atoms with Gasteiger partial charge in [-0.05, 0) is 38.0 Å². The van der Waals surface area contributed by atoms with Crippen molar-refractivity contribution in [3.63, 3.8) is 0 Å². The van der Waals surface area contributed by atoms with Crippen LogP contribution in [0.2, 0.25) is 0 Å². The molecule has 3 nitrogen and oxygen atoms in total. The average Bonchev–Trinajstić information content (AvgIpc) is 2.29. The van der Waals surface area contributed by atoms with E-state index in [0.29, 0.717) is 12.0 Å². The third-order valence-electron chi connectivity index (χ3n) is 4.28. The zero-order chi connectivity index (χ0) is 13.8. The van der Waals surface area contributed by atoms with E-state index in [0.717, 1.165) is 31.6 Å². The van der Waals surface area contributed by atoms with Crippen molar-refractivity contribution < 1.29 is 4.79 Å². The number of amides is 1. The summed E-state index contributed by atoms with van der Waals surface area (Å²) >= 11 is 0. The van der Waals surface area contributed by atoms with E-state index in [4.69, 9.17) is 5.73 Å². The lowest BCUT2D eigenvalue weighted by molar-refractivity contribution is -0.127. The second-order valence-corrected chi connectivity index (χ2v) is 6.51. The standard InChI is InChI=1S/C15H30N2O.ClH/c1-5-9-15(4,16)14(18)17-13-8-6-7-12(10-13)11(2)3;/h11-13H,5-10,16H2,1-4H3,(H,17,18);1H. The number of hydrogen-bond donors (Lipinski definition) is 2. The van der Waals surface area contributed by atoms with Gasteiger partial charge in [0, 0.05) is 6.04 Å². The molecule has 3 N–H and O–H groups in total. The summed E-state index contributed by atoms with van der Waals surface area (Å²) in [5.41, 5.74) is 5.36. The number of nitrogens with one attached hydrogen (secondary N) is 1. The first kappa shape index (κ1) is 18.7. The summed E-state index contributed by atoms with van der Waals surface area (Å²) < 4.78 is 0. The SMILES string of the molecule is CCCC(C)(N)C(=O)NC1CCCC(C(C)C)C1.Cl. The molecule has 0 spiro atoms. The van der Waals surface area contributed by atoms with Crippen molar-refractivity contribution in [1.82, 2.24) is 5.32 Å². The maximum Gasteiger partial charge on any atom is 0.240 e. The minimum Gasteiger partial charge on any atom is -0.352 e. The van der Waals surface area contributed by atoms with Crippen LogP contribution in [-0.2, 0) is 4.79 Å². The lowest BCUT2D eigenvalue weighted by atomic mass is 9.79. The van der Waals surface area contributed by atoms with E-state index in [1.54, 1.807) is 0 Å². The van der Waals surface area contributed by atoms with Crippen molar-refractivity contribution in [1.29, 1.82) is 0 Å². The average molecular weight is 291 g/mol. The smallest absolute Gasteiger partial charge is 0.240 e. The van der Waals surface area contributed by atoms with E-state index in [2.05, 4.69) is 26.1 Å². The first-order chi connectivity index (χ1) is 8.36. The van der Waals surface area contributed by atoms with Crippen molar-refractivity contribution in [2.45, 2.75) is 77.8 Å². The molecule has 19 heavy (non-hydrogen) atoms. The second kappa shape index (κ2) is 8.11. The Balaban J connectivity index is 0.00000324. The van der Waals surface area contributed by atoms with Gasteiger partial charge in [-0.15, -0.1) is 12.4 Å². The van der Waals surface area contributed by atoms with Gasteiger partial charge in [0.1, 0.15) is 0 Å². The molecule has 0 aliphatic heterocycles. The molecule has 1 rings (SSSR count). The van der Waals surface area contributed by atoms with Gasteiger partial charge in [-0.1, -0.05) is 40.0 Å². The van der Waals surface area contributed by atoms with Gasteiger partial charge in [0.2, 0.25) is 5.91 Å². The highest BCUT2D eigenvalue weighted by Gasteiger charge is 2.31. The van der Waals surface area contributed by atoms with Crippen LogP contribution in [0.15, 0.2) is 0 Å². The molecule has 114 valence electrons. The Hall–Kier alpha value is -0.280. The van der Waals surface area contributed by atoms with Gasteiger partial charge < -0.3 is 11.1 Å². The van der Waals surface area contributed by atoms with E-state index in [1.165, 1.54) is 12.8 Å². The lowest BCUT2D eigenvalue weighted by Crippen LogP contribution is -2.54. The normalized spacial score (nSPS) is 26.4. The third-order valence-corrected chi connectivity index (χ3v) is 4.28. The summed E-state index contributed by atoms with van der Waals surface area (Å²) in [4.78, 5) is 12.2. The van der Waals surface area contributed by atoms with Crippen LogP contribution in [0.25, 0.3) is 0 Å². The van der Waals surface area contributed by atoms with Crippen LogP contribution in [0.1, 0.15) is 66.2 Å². The highest BCUT2D eigenvalue weighted by molar-refractivity contribution is 5.86. The first-order valence-corrected chi connectivity index (χ1v) is 7.46. The minimum atomic E-state index is -0.709. The molecule has 1 saturated carbocycles. The maximum absolute atomic E-state index is 12.2. The van der Waals surface area contributed by atoms with Crippen LogP contribution < -0.4 is 11.1 Å². The van der Waals surface area contributed by atoms with Crippen molar-refractivity contribution in [2.24, 2.45) is 17.6 Å². The van der Waals surface area contributed by atoms with Crippen LogP contribution in [0.5, 0.6) is 0 Å². The van der Waals surface area contributed by atoms with E-state index < -0.39 is 5.54 Å². The Labute approximate surface area is 124 Å². The fraction of sp³-hybridized carbons (Fsp3) is 0.933. The van der Waals surface area contributed by atoms with Gasteiger partial charge in [0.05, 0.1) is 5.54 Å². The molecular formula is C15H31ClN2O.